The van der Waals surface area contributed by atoms with Crippen molar-refractivity contribution in [3.05, 3.63) is 227 Å². The van der Waals surface area contributed by atoms with Crippen LogP contribution in [0.5, 0.6) is 0 Å². The zero-order valence-electron chi connectivity index (χ0n) is 41.1. The van der Waals surface area contributed by atoms with Gasteiger partial charge in [-0.25, -0.2) is 0 Å². The molecule has 3 nitrogen and oxygen atoms in total. The Bertz CT molecular complexity index is 3130. The molecule has 3 heteroatoms. The summed E-state index contributed by atoms with van der Waals surface area (Å²) in [5, 5.41) is 0. The van der Waals surface area contributed by atoms with Crippen molar-refractivity contribution < 1.29 is 0 Å². The van der Waals surface area contributed by atoms with Crippen LogP contribution in [0.2, 0.25) is 0 Å². The first-order valence-electron chi connectivity index (χ1n) is 26.2. The molecule has 2 fully saturated rings. The van der Waals surface area contributed by atoms with E-state index in [0.29, 0.717) is 12.0 Å². The third-order valence-corrected chi connectivity index (χ3v) is 19.1. The van der Waals surface area contributed by atoms with Crippen LogP contribution in [-0.4, -0.2) is 16.6 Å². The van der Waals surface area contributed by atoms with E-state index in [1.54, 1.807) is 0 Å². The smallest absolute Gasteiger partial charge is 0.0525 e. The van der Waals surface area contributed by atoms with Gasteiger partial charge in [-0.1, -0.05) is 173 Å². The summed E-state index contributed by atoms with van der Waals surface area (Å²) < 4.78 is 0. The second-order valence-corrected chi connectivity index (χ2v) is 22.3. The lowest BCUT2D eigenvalue weighted by Gasteiger charge is -2.50. The summed E-state index contributed by atoms with van der Waals surface area (Å²) in [6.45, 7) is 12.3. The molecule has 69 heavy (non-hydrogen) atoms. The van der Waals surface area contributed by atoms with Gasteiger partial charge in [0.2, 0.25) is 0 Å². The van der Waals surface area contributed by atoms with Crippen molar-refractivity contribution in [1.82, 2.24) is 4.98 Å². The van der Waals surface area contributed by atoms with Crippen LogP contribution in [0.1, 0.15) is 129 Å². The van der Waals surface area contributed by atoms with E-state index in [0.717, 1.165) is 0 Å². The molecule has 13 rings (SSSR count). The van der Waals surface area contributed by atoms with Crippen LogP contribution >= 0.6 is 0 Å². The predicted octanol–water partition coefficient (Wildman–Crippen LogP) is 16.5. The van der Waals surface area contributed by atoms with E-state index < -0.39 is 0 Å². The number of aromatic nitrogens is 1. The monoisotopic (exact) mass is 900 g/mol. The number of fused-ring (bicyclic) bond motifs is 9. The molecule has 0 N–H and O–H groups in total. The van der Waals surface area contributed by atoms with E-state index in [4.69, 9.17) is 0 Å². The molecule has 3 heterocycles. The summed E-state index contributed by atoms with van der Waals surface area (Å²) in [7, 11) is 0. The van der Waals surface area contributed by atoms with Gasteiger partial charge in [0.1, 0.15) is 0 Å². The van der Waals surface area contributed by atoms with E-state index in [2.05, 4.69) is 219 Å². The summed E-state index contributed by atoms with van der Waals surface area (Å²) in [6.07, 6.45) is 21.6. The van der Waals surface area contributed by atoms with Gasteiger partial charge in [0, 0.05) is 63.9 Å². The lowest BCUT2D eigenvalue weighted by molar-refractivity contribution is 0.195. The van der Waals surface area contributed by atoms with Crippen LogP contribution in [0.15, 0.2) is 182 Å². The Morgan fingerprint density at radius 2 is 1.28 bits per heavy atom. The summed E-state index contributed by atoms with van der Waals surface area (Å²) >= 11 is 0. The molecule has 2 saturated carbocycles. The molecule has 1 aromatic heterocycles. The Hall–Kier alpha value is -6.45. The fourth-order valence-corrected chi connectivity index (χ4v) is 15.5. The van der Waals surface area contributed by atoms with Crippen LogP contribution in [0.25, 0.3) is 16.7 Å². The van der Waals surface area contributed by atoms with Crippen LogP contribution < -0.4 is 9.80 Å². The molecule has 6 aromatic carbocycles. The lowest BCUT2D eigenvalue weighted by atomic mass is 9.61. The molecule has 7 atom stereocenters. The third-order valence-electron chi connectivity index (χ3n) is 19.1. The van der Waals surface area contributed by atoms with Crippen molar-refractivity contribution in [3.8, 4) is 11.1 Å². The highest BCUT2D eigenvalue weighted by Crippen LogP contribution is 2.64. The van der Waals surface area contributed by atoms with Gasteiger partial charge in [-0.2, -0.15) is 0 Å². The number of hydrogen-bond acceptors (Lipinski definition) is 3. The zero-order chi connectivity index (χ0) is 46.7. The summed E-state index contributed by atoms with van der Waals surface area (Å²) in [5.41, 5.74) is 20.3. The Kier molecular flexibility index (Phi) is 9.76. The van der Waals surface area contributed by atoms with Crippen molar-refractivity contribution >= 4 is 28.3 Å². The number of pyridine rings is 1. The SMILES string of the molecule is CCC1CCCC2(C)c3cc(C4=CC5c6cc(-c7ccc8c(c7)C7(C)CCCCC7(C)N8c7ccc(C)cc7)ccc6C(c6ccccc6)(c6ccccc6)C5C=C4)ccc3N(c3ccncc3)C12. The van der Waals surface area contributed by atoms with Gasteiger partial charge in [0.15, 0.2) is 0 Å². The number of aryl methyl sites for hydroxylation is 1. The first-order valence-corrected chi connectivity index (χ1v) is 26.2. The molecule has 0 saturated heterocycles. The highest BCUT2D eigenvalue weighted by molar-refractivity contribution is 5.85. The predicted molar refractivity (Wildman–Crippen MR) is 287 cm³/mol. The Balaban J connectivity index is 0.967. The Labute approximate surface area is 410 Å². The molecule has 7 aromatic rings. The number of allylic oxidation sites excluding steroid dienone is 4. The second-order valence-electron chi connectivity index (χ2n) is 22.3. The molecule has 0 spiro atoms. The van der Waals surface area contributed by atoms with Crippen molar-refractivity contribution in [1.29, 1.82) is 0 Å². The van der Waals surface area contributed by atoms with Crippen LogP contribution in [0.4, 0.5) is 22.7 Å². The normalized spacial score (nSPS) is 28.0. The Morgan fingerprint density at radius 1 is 0.609 bits per heavy atom. The summed E-state index contributed by atoms with van der Waals surface area (Å²) in [5.74, 6) is 1.02. The molecule has 2 aliphatic heterocycles. The molecule has 344 valence electrons. The Morgan fingerprint density at radius 3 is 2.01 bits per heavy atom. The maximum atomic E-state index is 4.43. The van der Waals surface area contributed by atoms with E-state index in [1.165, 1.54) is 135 Å². The third kappa shape index (κ3) is 6.01. The van der Waals surface area contributed by atoms with E-state index in [1.807, 2.05) is 12.4 Å². The van der Waals surface area contributed by atoms with Crippen molar-refractivity contribution in [2.45, 2.75) is 120 Å². The molecule has 0 amide bonds. The number of nitrogens with zero attached hydrogens (tertiary/aromatic N) is 3. The topological polar surface area (TPSA) is 19.4 Å². The zero-order valence-corrected chi connectivity index (χ0v) is 41.1. The van der Waals surface area contributed by atoms with Crippen LogP contribution in [0.3, 0.4) is 0 Å². The molecular weight excluding hydrogens is 835 g/mol. The number of rotatable bonds is 7. The molecule has 4 aliphatic carbocycles. The van der Waals surface area contributed by atoms with Gasteiger partial charge in [-0.3, -0.25) is 4.98 Å². The quantitative estimate of drug-likeness (QED) is 0.159. The van der Waals surface area contributed by atoms with Gasteiger partial charge in [0.05, 0.1) is 11.0 Å². The number of hydrogen-bond donors (Lipinski definition) is 0. The van der Waals surface area contributed by atoms with Crippen LogP contribution in [-0.2, 0) is 16.2 Å². The van der Waals surface area contributed by atoms with Gasteiger partial charge < -0.3 is 9.80 Å². The minimum absolute atomic E-state index is 0.00904. The number of benzene rings is 6. The molecular formula is C66H65N3. The highest BCUT2D eigenvalue weighted by atomic mass is 15.3. The minimum Gasteiger partial charge on any atom is -0.337 e. The maximum Gasteiger partial charge on any atom is 0.0525 e. The van der Waals surface area contributed by atoms with Crippen molar-refractivity contribution in [2.75, 3.05) is 9.80 Å². The first-order chi connectivity index (χ1) is 33.7. The largest absolute Gasteiger partial charge is 0.337 e. The van der Waals surface area contributed by atoms with E-state index in [9.17, 15) is 0 Å². The van der Waals surface area contributed by atoms with Crippen LogP contribution in [0, 0.1) is 18.8 Å². The van der Waals surface area contributed by atoms with E-state index in [-0.39, 0.29) is 33.6 Å². The summed E-state index contributed by atoms with van der Waals surface area (Å²) in [4.78, 5) is 9.82. The first kappa shape index (κ1) is 42.6. The molecule has 0 bridgehead atoms. The molecule has 6 aliphatic rings. The highest BCUT2D eigenvalue weighted by Gasteiger charge is 2.58. The van der Waals surface area contributed by atoms with Gasteiger partial charge in [-0.15, -0.1) is 0 Å². The number of anilines is 4. The lowest BCUT2D eigenvalue weighted by Crippen LogP contribution is -2.54. The maximum absolute atomic E-state index is 4.43. The van der Waals surface area contributed by atoms with Crippen molar-refractivity contribution in [2.24, 2.45) is 11.8 Å². The minimum atomic E-state index is -0.357. The summed E-state index contributed by atoms with van der Waals surface area (Å²) in [6, 6.07) is 59.4. The second kappa shape index (κ2) is 15.8. The van der Waals surface area contributed by atoms with Gasteiger partial charge >= 0.3 is 0 Å². The molecule has 7 unspecified atom stereocenters. The molecule has 0 radical (unpaired) electrons. The van der Waals surface area contributed by atoms with Gasteiger partial charge in [0.25, 0.3) is 0 Å². The average molecular weight is 900 g/mol. The fourth-order valence-electron chi connectivity index (χ4n) is 15.5. The average Bonchev–Trinajstić information content (AvgIpc) is 3.92. The van der Waals surface area contributed by atoms with E-state index >= 15 is 0 Å². The van der Waals surface area contributed by atoms with Gasteiger partial charge in [-0.05, 0) is 150 Å². The fraction of sp³-hybridized carbons (Fsp3) is 0.318. The standard InChI is InChI=1S/C66H65N3/c1-6-45-16-15-35-63(3)58-42-48(25-31-60(58)68(62(45)63)52-33-38-67-39-34-52)46-23-29-56-54(40-46)55-41-47(24-30-57(55)66(56,50-17-9-7-10-18-50)51-19-11-8-12-20-51)49-26-32-61-59(43-49)64(4)36-13-14-37-65(64,5)69(61)53-27-21-44(2)22-28-53/h7-12,17-34,38-43,45,54,56,62H,6,13-16,35-37H2,1-5H3. The van der Waals surface area contributed by atoms with Crippen molar-refractivity contribution in [3.63, 3.8) is 0 Å².